The lowest BCUT2D eigenvalue weighted by molar-refractivity contribution is 0.406. The third-order valence-electron chi connectivity index (χ3n) is 3.55. The number of aromatic nitrogens is 2. The van der Waals surface area contributed by atoms with Crippen LogP contribution in [0.5, 0.6) is 5.75 Å². The lowest BCUT2D eigenvalue weighted by Crippen LogP contribution is -2.37. The first-order chi connectivity index (χ1) is 9.13. The Morgan fingerprint density at radius 1 is 1.37 bits per heavy atom. The maximum atomic E-state index is 6.11. The monoisotopic (exact) mass is 283 g/mol. The summed E-state index contributed by atoms with van der Waals surface area (Å²) in [6.07, 6.45) is 6.54. The van der Waals surface area contributed by atoms with Crippen molar-refractivity contribution >= 4 is 17.4 Å². The molecule has 0 amide bonds. The molecule has 1 fully saturated rings. The molecule has 19 heavy (non-hydrogen) atoms. The van der Waals surface area contributed by atoms with E-state index < -0.39 is 0 Å². The Hall–Kier alpha value is -1.03. The van der Waals surface area contributed by atoms with Gasteiger partial charge in [0, 0.05) is 12.6 Å². The highest BCUT2D eigenvalue weighted by Crippen LogP contribution is 2.36. The first-order valence-electron chi connectivity index (χ1n) is 6.94. The Labute approximate surface area is 120 Å². The number of hydrogen-bond acceptors (Lipinski definition) is 4. The van der Waals surface area contributed by atoms with Gasteiger partial charge in [0.05, 0.1) is 7.11 Å². The van der Waals surface area contributed by atoms with Crippen molar-refractivity contribution in [3.05, 3.63) is 11.5 Å². The van der Waals surface area contributed by atoms with Crippen molar-refractivity contribution in [2.24, 2.45) is 5.92 Å². The van der Waals surface area contributed by atoms with Crippen molar-refractivity contribution < 1.29 is 4.74 Å². The van der Waals surface area contributed by atoms with E-state index in [1.165, 1.54) is 32.0 Å². The number of ether oxygens (including phenoxy) is 1. The molecule has 5 heteroatoms. The predicted octanol–water partition coefficient (Wildman–Crippen LogP) is 3.54. The Balaban J connectivity index is 2.33. The molecule has 1 aliphatic carbocycles. The topological polar surface area (TPSA) is 38.3 Å². The summed E-state index contributed by atoms with van der Waals surface area (Å²) in [4.78, 5) is 10.8. The highest BCUT2D eigenvalue weighted by Gasteiger charge is 2.27. The predicted molar refractivity (Wildman–Crippen MR) is 78.0 cm³/mol. The van der Waals surface area contributed by atoms with Crippen molar-refractivity contribution in [1.29, 1.82) is 0 Å². The quantitative estimate of drug-likeness (QED) is 0.775. The number of hydrogen-bond donors (Lipinski definition) is 0. The second-order valence-electron chi connectivity index (χ2n) is 5.51. The van der Waals surface area contributed by atoms with E-state index in [1.807, 2.05) is 0 Å². The molecule has 1 aromatic heterocycles. The van der Waals surface area contributed by atoms with E-state index >= 15 is 0 Å². The number of nitrogens with zero attached hydrogens (tertiary/aromatic N) is 3. The standard InChI is InChI=1S/C14H22ClN3O/c1-10(2)8-18(11-6-4-5-7-11)14-12(19-3)13(15)16-9-17-14/h9-11H,4-8H2,1-3H3. The third kappa shape index (κ3) is 3.30. The van der Waals surface area contributed by atoms with E-state index in [9.17, 15) is 0 Å². The highest BCUT2D eigenvalue weighted by atomic mass is 35.5. The van der Waals surface area contributed by atoms with E-state index in [4.69, 9.17) is 16.3 Å². The highest BCUT2D eigenvalue weighted by molar-refractivity contribution is 6.31. The van der Waals surface area contributed by atoms with Gasteiger partial charge in [-0.2, -0.15) is 0 Å². The van der Waals surface area contributed by atoms with Gasteiger partial charge in [0.2, 0.25) is 0 Å². The van der Waals surface area contributed by atoms with E-state index in [0.717, 1.165) is 12.4 Å². The molecule has 4 nitrogen and oxygen atoms in total. The largest absolute Gasteiger partial charge is 0.490 e. The van der Waals surface area contributed by atoms with E-state index in [0.29, 0.717) is 22.9 Å². The fourth-order valence-electron chi connectivity index (χ4n) is 2.74. The van der Waals surface area contributed by atoms with Crippen molar-refractivity contribution in [2.45, 2.75) is 45.6 Å². The Morgan fingerprint density at radius 2 is 2.05 bits per heavy atom. The zero-order chi connectivity index (χ0) is 13.8. The normalized spacial score (nSPS) is 16.1. The van der Waals surface area contributed by atoms with E-state index in [-0.39, 0.29) is 0 Å². The van der Waals surface area contributed by atoms with E-state index in [2.05, 4.69) is 28.7 Å². The maximum Gasteiger partial charge on any atom is 0.199 e. The number of rotatable bonds is 5. The number of methoxy groups -OCH3 is 1. The van der Waals surface area contributed by atoms with Crippen molar-refractivity contribution in [2.75, 3.05) is 18.6 Å². The lowest BCUT2D eigenvalue weighted by atomic mass is 10.1. The first-order valence-corrected chi connectivity index (χ1v) is 7.32. The van der Waals surface area contributed by atoms with Gasteiger partial charge < -0.3 is 9.64 Å². The van der Waals surface area contributed by atoms with Gasteiger partial charge in [0.1, 0.15) is 6.33 Å². The summed E-state index contributed by atoms with van der Waals surface area (Å²) >= 11 is 6.11. The van der Waals surface area contributed by atoms with Crippen LogP contribution in [0, 0.1) is 5.92 Å². The molecule has 1 heterocycles. The minimum absolute atomic E-state index is 0.388. The van der Waals surface area contributed by atoms with Crippen molar-refractivity contribution in [3.63, 3.8) is 0 Å². The molecule has 0 saturated heterocycles. The summed E-state index contributed by atoms with van der Waals surface area (Å²) in [5.41, 5.74) is 0. The molecule has 2 rings (SSSR count). The van der Waals surface area contributed by atoms with Crippen LogP contribution in [0.3, 0.4) is 0 Å². The molecule has 1 aliphatic rings. The summed E-state index contributed by atoms with van der Waals surface area (Å²) in [5, 5.41) is 0.388. The summed E-state index contributed by atoms with van der Waals surface area (Å²) < 4.78 is 5.40. The molecule has 0 atom stereocenters. The van der Waals surface area contributed by atoms with Gasteiger partial charge in [-0.3, -0.25) is 0 Å². The van der Waals surface area contributed by atoms with Crippen molar-refractivity contribution in [3.8, 4) is 5.75 Å². The van der Waals surface area contributed by atoms with Crippen LogP contribution in [0.1, 0.15) is 39.5 Å². The fraction of sp³-hybridized carbons (Fsp3) is 0.714. The van der Waals surface area contributed by atoms with Gasteiger partial charge in [-0.1, -0.05) is 38.3 Å². The van der Waals surface area contributed by atoms with Gasteiger partial charge in [0.25, 0.3) is 0 Å². The average Bonchev–Trinajstić information content (AvgIpc) is 2.89. The Bertz CT molecular complexity index is 419. The summed E-state index contributed by atoms with van der Waals surface area (Å²) in [7, 11) is 1.62. The second kappa shape index (κ2) is 6.42. The van der Waals surface area contributed by atoms with Gasteiger partial charge in [-0.25, -0.2) is 9.97 Å². The van der Waals surface area contributed by atoms with Gasteiger partial charge in [0.15, 0.2) is 16.7 Å². The Morgan fingerprint density at radius 3 is 2.63 bits per heavy atom. The molecule has 0 spiro atoms. The summed E-state index contributed by atoms with van der Waals surface area (Å²) in [5.74, 6) is 2.00. The summed E-state index contributed by atoms with van der Waals surface area (Å²) in [6.45, 7) is 5.41. The van der Waals surface area contributed by atoms with Gasteiger partial charge in [-0.15, -0.1) is 0 Å². The zero-order valence-electron chi connectivity index (χ0n) is 11.9. The molecule has 1 aromatic rings. The molecule has 0 unspecified atom stereocenters. The Kier molecular flexibility index (Phi) is 4.86. The molecule has 0 aromatic carbocycles. The van der Waals surface area contributed by atoms with Crippen LogP contribution in [0.4, 0.5) is 5.82 Å². The van der Waals surface area contributed by atoms with Gasteiger partial charge in [-0.05, 0) is 18.8 Å². The number of halogens is 1. The van der Waals surface area contributed by atoms with Crippen LogP contribution >= 0.6 is 11.6 Å². The minimum atomic E-state index is 0.388. The third-order valence-corrected chi connectivity index (χ3v) is 3.81. The van der Waals surface area contributed by atoms with E-state index in [1.54, 1.807) is 7.11 Å². The molecule has 0 aliphatic heterocycles. The molecular weight excluding hydrogens is 262 g/mol. The molecule has 106 valence electrons. The zero-order valence-corrected chi connectivity index (χ0v) is 12.7. The fourth-order valence-corrected chi connectivity index (χ4v) is 2.95. The molecule has 1 saturated carbocycles. The molecule has 0 bridgehead atoms. The molecular formula is C14H22ClN3O. The second-order valence-corrected chi connectivity index (χ2v) is 5.86. The summed E-state index contributed by atoms with van der Waals surface area (Å²) in [6, 6.07) is 0.544. The van der Waals surface area contributed by atoms with Crippen LogP contribution in [0.2, 0.25) is 5.15 Å². The van der Waals surface area contributed by atoms with Gasteiger partial charge >= 0.3 is 0 Å². The minimum Gasteiger partial charge on any atom is -0.490 e. The van der Waals surface area contributed by atoms with Crippen molar-refractivity contribution in [1.82, 2.24) is 9.97 Å². The van der Waals surface area contributed by atoms with Crippen LogP contribution in [0.25, 0.3) is 0 Å². The first kappa shape index (κ1) is 14.4. The SMILES string of the molecule is COc1c(Cl)ncnc1N(CC(C)C)C1CCCC1. The molecule has 0 radical (unpaired) electrons. The van der Waals surface area contributed by atoms with Crippen LogP contribution in [-0.2, 0) is 0 Å². The smallest absolute Gasteiger partial charge is 0.199 e. The lowest BCUT2D eigenvalue weighted by Gasteiger charge is -2.32. The van der Waals surface area contributed by atoms with Crippen LogP contribution < -0.4 is 9.64 Å². The number of anilines is 1. The molecule has 0 N–H and O–H groups in total. The maximum absolute atomic E-state index is 6.11. The van der Waals surface area contributed by atoms with Crippen LogP contribution in [-0.4, -0.2) is 29.7 Å². The average molecular weight is 284 g/mol. The van der Waals surface area contributed by atoms with Crippen LogP contribution in [0.15, 0.2) is 6.33 Å².